The molecule has 1 aromatic rings. The van der Waals surface area contributed by atoms with E-state index in [1.807, 2.05) is 13.0 Å². The normalized spacial score (nSPS) is 17.5. The van der Waals surface area contributed by atoms with Crippen LogP contribution in [0.25, 0.3) is 0 Å². The van der Waals surface area contributed by atoms with E-state index in [4.69, 9.17) is 4.74 Å². The van der Waals surface area contributed by atoms with Crippen molar-refractivity contribution in [1.29, 1.82) is 0 Å². The zero-order chi connectivity index (χ0) is 17.5. The van der Waals surface area contributed by atoms with Gasteiger partial charge in [-0.05, 0) is 61.8 Å². The average molecular weight is 332 g/mol. The molecule has 1 aliphatic rings. The summed E-state index contributed by atoms with van der Waals surface area (Å²) in [6.07, 6.45) is 4.41. The van der Waals surface area contributed by atoms with Gasteiger partial charge in [-0.15, -0.1) is 0 Å². The van der Waals surface area contributed by atoms with E-state index >= 15 is 0 Å². The van der Waals surface area contributed by atoms with Crippen molar-refractivity contribution in [3.8, 4) is 5.75 Å². The number of benzene rings is 1. The molecule has 5 nitrogen and oxygen atoms in total. The lowest BCUT2D eigenvalue weighted by molar-refractivity contribution is -0.128. The van der Waals surface area contributed by atoms with Gasteiger partial charge in [0, 0.05) is 13.0 Å². The predicted octanol–water partition coefficient (Wildman–Crippen LogP) is 2.54. The fraction of sp³-hybridized carbons (Fsp3) is 0.579. The lowest BCUT2D eigenvalue weighted by Crippen LogP contribution is -2.45. The first-order valence-electron chi connectivity index (χ1n) is 8.79. The van der Waals surface area contributed by atoms with Gasteiger partial charge >= 0.3 is 0 Å². The third-order valence-corrected chi connectivity index (χ3v) is 4.54. The highest BCUT2D eigenvalue weighted by atomic mass is 16.5. The van der Waals surface area contributed by atoms with E-state index in [0.29, 0.717) is 13.0 Å². The molecular formula is C19H28N2O3. The van der Waals surface area contributed by atoms with Crippen LogP contribution in [0.1, 0.15) is 56.6 Å². The van der Waals surface area contributed by atoms with Gasteiger partial charge in [-0.2, -0.15) is 0 Å². The third-order valence-electron chi connectivity index (χ3n) is 4.54. The molecule has 0 radical (unpaired) electrons. The lowest BCUT2D eigenvalue weighted by atomic mass is 9.81. The molecule has 0 heterocycles. The second kappa shape index (κ2) is 8.71. The molecule has 132 valence electrons. The van der Waals surface area contributed by atoms with Crippen LogP contribution in [0.5, 0.6) is 5.75 Å². The van der Waals surface area contributed by atoms with Gasteiger partial charge in [0.2, 0.25) is 11.8 Å². The van der Waals surface area contributed by atoms with Gasteiger partial charge in [0.1, 0.15) is 11.8 Å². The van der Waals surface area contributed by atoms with E-state index in [1.54, 1.807) is 14.0 Å². The Morgan fingerprint density at radius 2 is 2.17 bits per heavy atom. The highest BCUT2D eigenvalue weighted by Gasteiger charge is 2.24. The van der Waals surface area contributed by atoms with Gasteiger partial charge < -0.3 is 15.4 Å². The standard InChI is InChI=1S/C19H28N2O3/c1-4-10-20-19(23)13(2)21-18(22)12-15-7-5-6-14-11-16(24-3)8-9-17(14)15/h8-9,11,13,15H,4-7,10,12H2,1-3H3,(H,20,23)(H,21,22)/t13-,15+/m1/s1. The van der Waals surface area contributed by atoms with Crippen LogP contribution in [0.15, 0.2) is 18.2 Å². The van der Waals surface area contributed by atoms with E-state index in [-0.39, 0.29) is 17.7 Å². The van der Waals surface area contributed by atoms with Gasteiger partial charge in [0.25, 0.3) is 0 Å². The highest BCUT2D eigenvalue weighted by Crippen LogP contribution is 2.35. The molecule has 1 aromatic carbocycles. The molecule has 0 aliphatic heterocycles. The van der Waals surface area contributed by atoms with Crippen molar-refractivity contribution >= 4 is 11.8 Å². The molecule has 2 rings (SSSR count). The molecule has 1 aliphatic carbocycles. The molecule has 0 spiro atoms. The Hall–Kier alpha value is -2.04. The minimum absolute atomic E-state index is 0.0668. The number of hydrogen-bond donors (Lipinski definition) is 2. The minimum Gasteiger partial charge on any atom is -0.497 e. The average Bonchev–Trinajstić information content (AvgIpc) is 2.59. The van der Waals surface area contributed by atoms with Crippen molar-refractivity contribution in [2.75, 3.05) is 13.7 Å². The van der Waals surface area contributed by atoms with Gasteiger partial charge in [-0.1, -0.05) is 13.0 Å². The van der Waals surface area contributed by atoms with Crippen molar-refractivity contribution in [1.82, 2.24) is 10.6 Å². The van der Waals surface area contributed by atoms with Gasteiger partial charge in [0.15, 0.2) is 0 Å². The summed E-state index contributed by atoms with van der Waals surface area (Å²) in [5.74, 6) is 0.882. The highest BCUT2D eigenvalue weighted by molar-refractivity contribution is 5.87. The number of amides is 2. The molecule has 0 bridgehead atoms. The number of rotatable bonds is 7. The second-order valence-electron chi connectivity index (χ2n) is 6.44. The Labute approximate surface area is 144 Å². The molecule has 2 atom stereocenters. The summed E-state index contributed by atoms with van der Waals surface area (Å²) in [4.78, 5) is 24.2. The molecule has 2 amide bonds. The van der Waals surface area contributed by atoms with Crippen molar-refractivity contribution < 1.29 is 14.3 Å². The van der Waals surface area contributed by atoms with Crippen molar-refractivity contribution in [3.63, 3.8) is 0 Å². The maximum Gasteiger partial charge on any atom is 0.242 e. The first-order chi connectivity index (χ1) is 11.5. The lowest BCUT2D eigenvalue weighted by Gasteiger charge is -2.26. The summed E-state index contributed by atoms with van der Waals surface area (Å²) < 4.78 is 5.28. The van der Waals surface area contributed by atoms with E-state index in [0.717, 1.165) is 31.4 Å². The molecular weight excluding hydrogens is 304 g/mol. The van der Waals surface area contributed by atoms with Crippen molar-refractivity contribution in [2.45, 2.75) is 57.9 Å². The number of nitrogens with one attached hydrogen (secondary N) is 2. The smallest absolute Gasteiger partial charge is 0.242 e. The Bertz CT molecular complexity index is 586. The van der Waals surface area contributed by atoms with E-state index < -0.39 is 6.04 Å². The molecule has 5 heteroatoms. The van der Waals surface area contributed by atoms with Crippen molar-refractivity contribution in [2.24, 2.45) is 0 Å². The summed E-state index contributed by atoms with van der Waals surface area (Å²) in [5, 5.41) is 5.62. The van der Waals surface area contributed by atoms with E-state index in [9.17, 15) is 9.59 Å². The number of carbonyl (C=O) groups is 2. The Morgan fingerprint density at radius 1 is 1.38 bits per heavy atom. The maximum absolute atomic E-state index is 12.3. The molecule has 2 N–H and O–H groups in total. The summed E-state index contributed by atoms with van der Waals surface area (Å²) in [5.41, 5.74) is 2.51. The molecule has 0 aromatic heterocycles. The first kappa shape index (κ1) is 18.3. The molecule has 0 fully saturated rings. The molecule has 24 heavy (non-hydrogen) atoms. The summed E-state index contributed by atoms with van der Waals surface area (Å²) in [6, 6.07) is 5.60. The van der Waals surface area contributed by atoms with Crippen LogP contribution in [-0.4, -0.2) is 31.5 Å². The summed E-state index contributed by atoms with van der Waals surface area (Å²) in [6.45, 7) is 4.36. The van der Waals surface area contributed by atoms with E-state index in [1.165, 1.54) is 11.1 Å². The monoisotopic (exact) mass is 332 g/mol. The third kappa shape index (κ3) is 4.73. The van der Waals surface area contributed by atoms with Crippen LogP contribution >= 0.6 is 0 Å². The zero-order valence-electron chi connectivity index (χ0n) is 14.9. The largest absolute Gasteiger partial charge is 0.497 e. The number of methoxy groups -OCH3 is 1. The van der Waals surface area contributed by atoms with Gasteiger partial charge in [-0.25, -0.2) is 0 Å². The Balaban J connectivity index is 1.94. The molecule has 0 unspecified atom stereocenters. The van der Waals surface area contributed by atoms with Gasteiger partial charge in [-0.3, -0.25) is 9.59 Å². The predicted molar refractivity (Wildman–Crippen MR) is 94.2 cm³/mol. The number of ether oxygens (including phenoxy) is 1. The number of aryl methyl sites for hydroxylation is 1. The minimum atomic E-state index is -0.497. The molecule has 0 saturated heterocycles. The van der Waals surface area contributed by atoms with Crippen LogP contribution in [-0.2, 0) is 16.0 Å². The number of carbonyl (C=O) groups excluding carboxylic acids is 2. The second-order valence-corrected chi connectivity index (χ2v) is 6.44. The topological polar surface area (TPSA) is 67.4 Å². The van der Waals surface area contributed by atoms with Crippen LogP contribution in [0.3, 0.4) is 0 Å². The van der Waals surface area contributed by atoms with Crippen molar-refractivity contribution in [3.05, 3.63) is 29.3 Å². The number of fused-ring (bicyclic) bond motifs is 1. The summed E-state index contributed by atoms with van der Waals surface area (Å²) >= 11 is 0. The summed E-state index contributed by atoms with van der Waals surface area (Å²) in [7, 11) is 1.67. The fourth-order valence-electron chi connectivity index (χ4n) is 3.22. The van der Waals surface area contributed by atoms with Gasteiger partial charge in [0.05, 0.1) is 7.11 Å². The SMILES string of the molecule is CCCNC(=O)[C@@H](C)NC(=O)C[C@@H]1CCCc2cc(OC)ccc21. The number of hydrogen-bond acceptors (Lipinski definition) is 3. The Kier molecular flexibility index (Phi) is 6.64. The Morgan fingerprint density at radius 3 is 2.88 bits per heavy atom. The molecule has 0 saturated carbocycles. The van der Waals surface area contributed by atoms with Crippen LogP contribution < -0.4 is 15.4 Å². The van der Waals surface area contributed by atoms with E-state index in [2.05, 4.69) is 22.8 Å². The fourth-order valence-corrected chi connectivity index (χ4v) is 3.22. The first-order valence-corrected chi connectivity index (χ1v) is 8.79. The quantitative estimate of drug-likeness (QED) is 0.806. The maximum atomic E-state index is 12.3. The van der Waals surface area contributed by atoms with Crippen LogP contribution in [0.4, 0.5) is 0 Å². The van der Waals surface area contributed by atoms with Crippen LogP contribution in [0.2, 0.25) is 0 Å². The zero-order valence-corrected chi connectivity index (χ0v) is 14.9. The van der Waals surface area contributed by atoms with Crippen LogP contribution in [0, 0.1) is 0 Å².